The van der Waals surface area contributed by atoms with Gasteiger partial charge in [0.15, 0.2) is 0 Å². The summed E-state index contributed by atoms with van der Waals surface area (Å²) in [6.07, 6.45) is 2.17. The molecule has 0 radical (unpaired) electrons. The monoisotopic (exact) mass is 263 g/mol. The topological polar surface area (TPSA) is 65.8 Å². The van der Waals surface area contributed by atoms with Gasteiger partial charge in [0.1, 0.15) is 11.8 Å². The Morgan fingerprint density at radius 2 is 2.05 bits per heavy atom. The van der Waals surface area contributed by atoms with Crippen molar-refractivity contribution >= 4 is 5.91 Å². The van der Waals surface area contributed by atoms with E-state index in [-0.39, 0.29) is 11.8 Å². The third-order valence-corrected chi connectivity index (χ3v) is 3.58. The van der Waals surface area contributed by atoms with Gasteiger partial charge >= 0.3 is 0 Å². The molecule has 0 saturated carbocycles. The molecule has 0 bridgehead atoms. The Balaban J connectivity index is 1.90. The summed E-state index contributed by atoms with van der Waals surface area (Å²) >= 11 is 0. The number of nitrogens with zero attached hydrogens (tertiary/aromatic N) is 2. The first kappa shape index (κ1) is 12.4. The fourth-order valence-corrected chi connectivity index (χ4v) is 2.50. The SMILES string of the molecule is N#Cc1ncccc1-c1ccc(C2CNC(=O)C2)cc1. The maximum absolute atomic E-state index is 11.2. The van der Waals surface area contributed by atoms with Gasteiger partial charge in [-0.05, 0) is 23.3 Å². The highest BCUT2D eigenvalue weighted by atomic mass is 16.1. The lowest BCUT2D eigenvalue weighted by atomic mass is 9.95. The third kappa shape index (κ3) is 2.26. The Hall–Kier alpha value is -2.67. The molecule has 1 aliphatic rings. The Morgan fingerprint density at radius 3 is 2.70 bits per heavy atom. The zero-order chi connectivity index (χ0) is 13.9. The molecule has 1 fully saturated rings. The molecule has 1 amide bonds. The van der Waals surface area contributed by atoms with Gasteiger partial charge in [0.05, 0.1) is 0 Å². The number of nitriles is 1. The smallest absolute Gasteiger partial charge is 0.220 e. The van der Waals surface area contributed by atoms with E-state index in [0.29, 0.717) is 18.7 Å². The highest BCUT2D eigenvalue weighted by Gasteiger charge is 2.22. The van der Waals surface area contributed by atoms with Crippen LogP contribution in [0.3, 0.4) is 0 Å². The van der Waals surface area contributed by atoms with Crippen molar-refractivity contribution in [3.8, 4) is 17.2 Å². The number of pyridine rings is 1. The van der Waals surface area contributed by atoms with Crippen LogP contribution < -0.4 is 5.32 Å². The van der Waals surface area contributed by atoms with E-state index in [1.807, 2.05) is 36.4 Å². The van der Waals surface area contributed by atoms with E-state index in [2.05, 4.69) is 16.4 Å². The minimum Gasteiger partial charge on any atom is -0.355 e. The summed E-state index contributed by atoms with van der Waals surface area (Å²) < 4.78 is 0. The van der Waals surface area contributed by atoms with Gasteiger partial charge in [0.25, 0.3) is 0 Å². The molecule has 2 heterocycles. The first-order valence-electron chi connectivity index (χ1n) is 6.50. The second-order valence-electron chi connectivity index (χ2n) is 4.84. The van der Waals surface area contributed by atoms with Gasteiger partial charge in [0, 0.05) is 30.6 Å². The molecule has 0 aliphatic carbocycles. The second kappa shape index (κ2) is 5.14. The summed E-state index contributed by atoms with van der Waals surface area (Å²) in [5.41, 5.74) is 3.38. The van der Waals surface area contributed by atoms with Crippen LogP contribution in [0.15, 0.2) is 42.6 Å². The third-order valence-electron chi connectivity index (χ3n) is 3.58. The zero-order valence-corrected chi connectivity index (χ0v) is 10.8. The van der Waals surface area contributed by atoms with Crippen LogP contribution in [0.5, 0.6) is 0 Å². The first-order chi connectivity index (χ1) is 9.78. The minimum atomic E-state index is 0.109. The summed E-state index contributed by atoms with van der Waals surface area (Å²) in [4.78, 5) is 15.3. The van der Waals surface area contributed by atoms with Crippen molar-refractivity contribution < 1.29 is 4.79 Å². The van der Waals surface area contributed by atoms with Crippen LogP contribution in [0.25, 0.3) is 11.1 Å². The number of carbonyl (C=O) groups excluding carboxylic acids is 1. The average molecular weight is 263 g/mol. The maximum Gasteiger partial charge on any atom is 0.220 e. The van der Waals surface area contributed by atoms with E-state index in [1.54, 1.807) is 6.20 Å². The Morgan fingerprint density at radius 1 is 1.25 bits per heavy atom. The molecule has 4 nitrogen and oxygen atoms in total. The Bertz CT molecular complexity index is 686. The van der Waals surface area contributed by atoms with Gasteiger partial charge in [-0.1, -0.05) is 24.3 Å². The average Bonchev–Trinajstić information content (AvgIpc) is 2.94. The molecular weight excluding hydrogens is 250 g/mol. The fourth-order valence-electron chi connectivity index (χ4n) is 2.50. The van der Waals surface area contributed by atoms with Crippen LogP contribution in [-0.4, -0.2) is 17.4 Å². The van der Waals surface area contributed by atoms with Crippen molar-refractivity contribution in [1.82, 2.24) is 10.3 Å². The number of aromatic nitrogens is 1. The Kier molecular flexibility index (Phi) is 3.18. The van der Waals surface area contributed by atoms with Crippen LogP contribution in [0, 0.1) is 11.3 Å². The molecule has 1 N–H and O–H groups in total. The number of amides is 1. The molecule has 1 aromatic carbocycles. The molecule has 3 rings (SSSR count). The van der Waals surface area contributed by atoms with Crippen molar-refractivity contribution in [2.24, 2.45) is 0 Å². The zero-order valence-electron chi connectivity index (χ0n) is 10.8. The molecule has 0 spiro atoms. The maximum atomic E-state index is 11.2. The van der Waals surface area contributed by atoms with E-state index < -0.39 is 0 Å². The van der Waals surface area contributed by atoms with Crippen LogP contribution in [0.2, 0.25) is 0 Å². The molecule has 1 atom stereocenters. The summed E-state index contributed by atoms with van der Waals surface area (Å²) in [6, 6.07) is 13.8. The van der Waals surface area contributed by atoms with Gasteiger partial charge < -0.3 is 5.32 Å². The van der Waals surface area contributed by atoms with E-state index >= 15 is 0 Å². The summed E-state index contributed by atoms with van der Waals surface area (Å²) in [5, 5.41) is 11.9. The molecule has 1 saturated heterocycles. The Labute approximate surface area is 117 Å². The van der Waals surface area contributed by atoms with Gasteiger partial charge in [-0.15, -0.1) is 0 Å². The highest BCUT2D eigenvalue weighted by molar-refractivity contribution is 5.79. The van der Waals surface area contributed by atoms with Crippen LogP contribution in [0.1, 0.15) is 23.6 Å². The lowest BCUT2D eigenvalue weighted by Crippen LogP contribution is -2.13. The van der Waals surface area contributed by atoms with Crippen molar-refractivity contribution in [1.29, 1.82) is 5.26 Å². The van der Waals surface area contributed by atoms with Crippen molar-refractivity contribution in [2.75, 3.05) is 6.54 Å². The van der Waals surface area contributed by atoms with Crippen molar-refractivity contribution in [2.45, 2.75) is 12.3 Å². The first-order valence-corrected chi connectivity index (χ1v) is 6.50. The molecule has 2 aromatic rings. The molecule has 20 heavy (non-hydrogen) atoms. The fraction of sp³-hybridized carbons (Fsp3) is 0.188. The number of hydrogen-bond donors (Lipinski definition) is 1. The van der Waals surface area contributed by atoms with Gasteiger partial charge in [0.2, 0.25) is 5.91 Å². The summed E-state index contributed by atoms with van der Waals surface area (Å²) in [7, 11) is 0. The lowest BCUT2D eigenvalue weighted by Gasteiger charge is -2.09. The number of hydrogen-bond acceptors (Lipinski definition) is 3. The molecule has 4 heteroatoms. The molecule has 1 unspecified atom stereocenters. The quantitative estimate of drug-likeness (QED) is 0.903. The van der Waals surface area contributed by atoms with Crippen molar-refractivity contribution in [3.63, 3.8) is 0 Å². The van der Waals surface area contributed by atoms with Crippen LogP contribution in [0.4, 0.5) is 0 Å². The normalized spacial score (nSPS) is 17.6. The van der Waals surface area contributed by atoms with E-state index in [0.717, 1.165) is 16.7 Å². The van der Waals surface area contributed by atoms with Crippen molar-refractivity contribution in [3.05, 3.63) is 53.9 Å². The van der Waals surface area contributed by atoms with E-state index in [4.69, 9.17) is 5.26 Å². The van der Waals surface area contributed by atoms with E-state index in [1.165, 1.54) is 0 Å². The second-order valence-corrected chi connectivity index (χ2v) is 4.84. The predicted molar refractivity (Wildman–Crippen MR) is 74.8 cm³/mol. The number of carbonyl (C=O) groups is 1. The number of benzene rings is 1. The summed E-state index contributed by atoms with van der Waals surface area (Å²) in [5.74, 6) is 0.360. The highest BCUT2D eigenvalue weighted by Crippen LogP contribution is 2.27. The molecule has 98 valence electrons. The van der Waals surface area contributed by atoms with E-state index in [9.17, 15) is 4.79 Å². The predicted octanol–water partition coefficient (Wildman–Crippen LogP) is 2.22. The number of rotatable bonds is 2. The molecule has 1 aliphatic heterocycles. The lowest BCUT2D eigenvalue weighted by molar-refractivity contribution is -0.119. The van der Waals surface area contributed by atoms with Gasteiger partial charge in [-0.2, -0.15) is 5.26 Å². The van der Waals surface area contributed by atoms with Gasteiger partial charge in [-0.25, -0.2) is 4.98 Å². The summed E-state index contributed by atoms with van der Waals surface area (Å²) in [6.45, 7) is 0.703. The minimum absolute atomic E-state index is 0.109. The van der Waals surface area contributed by atoms with Crippen LogP contribution in [-0.2, 0) is 4.79 Å². The molecule has 1 aromatic heterocycles. The number of nitrogens with one attached hydrogen (secondary N) is 1. The largest absolute Gasteiger partial charge is 0.355 e. The van der Waals surface area contributed by atoms with Crippen LogP contribution >= 0.6 is 0 Å². The standard InChI is InChI=1S/C16H13N3O/c17-9-15-14(2-1-7-18-15)12-5-3-11(4-6-12)13-8-16(20)19-10-13/h1-7,13H,8,10H2,(H,19,20). The molecular formula is C16H13N3O. The van der Waals surface area contributed by atoms with Gasteiger partial charge in [-0.3, -0.25) is 4.79 Å².